The number of carbonyl (C=O) groups excluding carboxylic acids is 2. The zero-order valence-corrected chi connectivity index (χ0v) is 24.6. The number of nitrogens with one attached hydrogen (secondary N) is 1. The highest BCUT2D eigenvalue weighted by atomic mass is 32.2. The molecular formula is C31H41N3O5S. The van der Waals surface area contributed by atoms with Crippen molar-refractivity contribution in [3.05, 3.63) is 65.2 Å². The number of rotatable bonds is 5. The number of piperazine rings is 1. The van der Waals surface area contributed by atoms with Gasteiger partial charge < -0.3 is 14.5 Å². The number of sulfonamides is 1. The molecule has 2 amide bonds. The van der Waals surface area contributed by atoms with Crippen molar-refractivity contribution in [2.45, 2.75) is 88.3 Å². The van der Waals surface area contributed by atoms with Crippen LogP contribution >= 0.6 is 0 Å². The highest BCUT2D eigenvalue weighted by molar-refractivity contribution is 7.89. The first-order valence-electron chi connectivity index (χ1n) is 14.5. The summed E-state index contributed by atoms with van der Waals surface area (Å²) in [7, 11) is -3.61. The second-order valence-electron chi connectivity index (χ2n) is 12.3. The second kappa shape index (κ2) is 11.5. The van der Waals surface area contributed by atoms with Crippen LogP contribution in [-0.4, -0.2) is 61.5 Å². The highest BCUT2D eigenvalue weighted by Crippen LogP contribution is 2.33. The Morgan fingerprint density at radius 1 is 0.925 bits per heavy atom. The average molecular weight is 568 g/mol. The molecule has 0 bridgehead atoms. The third-order valence-electron chi connectivity index (χ3n) is 8.28. The molecule has 1 heterocycles. The lowest BCUT2D eigenvalue weighted by Gasteiger charge is -2.43. The van der Waals surface area contributed by atoms with Crippen molar-refractivity contribution in [3.8, 4) is 0 Å². The first kappa shape index (κ1) is 28.6. The van der Waals surface area contributed by atoms with E-state index < -0.39 is 15.6 Å². The summed E-state index contributed by atoms with van der Waals surface area (Å²) in [5, 5.41) is 0. The molecule has 0 radical (unpaired) electrons. The number of hydrogen-bond donors (Lipinski definition) is 1. The van der Waals surface area contributed by atoms with Crippen LogP contribution in [0.15, 0.2) is 53.4 Å². The first-order valence-corrected chi connectivity index (χ1v) is 16.0. The van der Waals surface area contributed by atoms with E-state index in [1.54, 1.807) is 11.0 Å². The van der Waals surface area contributed by atoms with Gasteiger partial charge in [0.05, 0.1) is 10.9 Å². The van der Waals surface area contributed by atoms with Gasteiger partial charge in [-0.05, 0) is 94.5 Å². The molecule has 5 rings (SSSR count). The van der Waals surface area contributed by atoms with Crippen LogP contribution in [-0.2, 0) is 32.4 Å². The summed E-state index contributed by atoms with van der Waals surface area (Å²) in [6.07, 6.45) is 5.16. The summed E-state index contributed by atoms with van der Waals surface area (Å²) in [5.74, 6) is -0.0855. The Morgan fingerprint density at radius 2 is 1.62 bits per heavy atom. The third kappa shape index (κ3) is 6.52. The van der Waals surface area contributed by atoms with Gasteiger partial charge in [0.2, 0.25) is 15.9 Å². The first-order chi connectivity index (χ1) is 19.0. The standard InChI is InChI=1S/C31H41N3O5S/c1-31(2,3)39-30(36)33-18-19-34(28(21-33)23-8-5-4-6-9-23)29(35)24-12-15-26(16-13-24)32-40(37,38)27-17-14-22-10-7-11-25(22)20-27/h4-6,8-9,14,17,20,24,26,28,32H,7,10-13,15-16,18-19,21H2,1-3H3/t24-,26-,28-/m1/s1. The van der Waals surface area contributed by atoms with Crippen LogP contribution < -0.4 is 4.72 Å². The third-order valence-corrected chi connectivity index (χ3v) is 9.80. The minimum atomic E-state index is -3.61. The number of amides is 2. The van der Waals surface area contributed by atoms with Gasteiger partial charge in [-0.25, -0.2) is 17.9 Å². The molecule has 0 spiro atoms. The molecule has 0 aromatic heterocycles. The SMILES string of the molecule is CC(C)(C)OC(=O)N1CCN(C(=O)[C@H]2CC[C@H](NS(=O)(=O)c3ccc4c(c3)CCC4)CC2)[C@@H](c2ccccc2)C1. The van der Waals surface area contributed by atoms with E-state index in [9.17, 15) is 18.0 Å². The molecule has 3 aliphatic rings. The average Bonchev–Trinajstić information content (AvgIpc) is 3.40. The predicted octanol–water partition coefficient (Wildman–Crippen LogP) is 4.83. The van der Waals surface area contributed by atoms with Gasteiger partial charge in [0.1, 0.15) is 5.60 Å². The molecule has 2 aromatic carbocycles. The minimum Gasteiger partial charge on any atom is -0.444 e. The van der Waals surface area contributed by atoms with Crippen molar-refractivity contribution in [1.29, 1.82) is 0 Å². The zero-order chi connectivity index (χ0) is 28.5. The normalized spacial score (nSPS) is 23.5. The van der Waals surface area contributed by atoms with E-state index in [0.29, 0.717) is 50.2 Å². The van der Waals surface area contributed by atoms with Gasteiger partial charge in [-0.1, -0.05) is 36.4 Å². The van der Waals surface area contributed by atoms with Crippen molar-refractivity contribution < 1.29 is 22.7 Å². The molecule has 9 heteroatoms. The molecule has 216 valence electrons. The van der Waals surface area contributed by atoms with Crippen molar-refractivity contribution in [3.63, 3.8) is 0 Å². The van der Waals surface area contributed by atoms with Gasteiger partial charge in [-0.3, -0.25) is 4.79 Å². The van der Waals surface area contributed by atoms with Crippen LogP contribution in [0.2, 0.25) is 0 Å². The van der Waals surface area contributed by atoms with Crippen LogP contribution in [0.5, 0.6) is 0 Å². The van der Waals surface area contributed by atoms with E-state index in [2.05, 4.69) is 4.72 Å². The Hall–Kier alpha value is -2.91. The van der Waals surface area contributed by atoms with Crippen LogP contribution in [0, 0.1) is 5.92 Å². The molecule has 8 nitrogen and oxygen atoms in total. The lowest BCUT2D eigenvalue weighted by molar-refractivity contribution is -0.142. The van der Waals surface area contributed by atoms with Crippen molar-refractivity contribution in [1.82, 2.24) is 14.5 Å². The second-order valence-corrected chi connectivity index (χ2v) is 14.1. The van der Waals surface area contributed by atoms with Crippen LogP contribution in [0.1, 0.15) is 75.6 Å². The molecule has 1 aliphatic heterocycles. The number of fused-ring (bicyclic) bond motifs is 1. The monoisotopic (exact) mass is 567 g/mol. The van der Waals surface area contributed by atoms with E-state index in [-0.39, 0.29) is 30.0 Å². The molecule has 2 fully saturated rings. The molecule has 1 N–H and O–H groups in total. The number of nitrogens with zero attached hydrogens (tertiary/aromatic N) is 2. The molecule has 40 heavy (non-hydrogen) atoms. The summed E-state index contributed by atoms with van der Waals surface area (Å²) >= 11 is 0. The van der Waals surface area contributed by atoms with Crippen LogP contribution in [0.25, 0.3) is 0 Å². The van der Waals surface area contributed by atoms with E-state index in [1.807, 2.05) is 68.1 Å². The number of hydrogen-bond acceptors (Lipinski definition) is 5. The smallest absolute Gasteiger partial charge is 0.410 e. The zero-order valence-electron chi connectivity index (χ0n) is 23.8. The van der Waals surface area contributed by atoms with Gasteiger partial charge in [-0.15, -0.1) is 0 Å². The maximum Gasteiger partial charge on any atom is 0.410 e. The van der Waals surface area contributed by atoms with Crippen molar-refractivity contribution >= 4 is 22.0 Å². The van der Waals surface area contributed by atoms with E-state index in [4.69, 9.17) is 4.74 Å². The van der Waals surface area contributed by atoms with Gasteiger partial charge >= 0.3 is 6.09 Å². The Kier molecular flexibility index (Phi) is 8.25. The summed E-state index contributed by atoms with van der Waals surface area (Å²) in [5.41, 5.74) is 2.78. The number of ether oxygens (including phenoxy) is 1. The number of benzene rings is 2. The van der Waals surface area contributed by atoms with Crippen LogP contribution in [0.4, 0.5) is 4.79 Å². The summed E-state index contributed by atoms with van der Waals surface area (Å²) in [4.78, 5) is 30.6. The Balaban J connectivity index is 1.22. The number of carbonyl (C=O) groups is 2. The van der Waals surface area contributed by atoms with Gasteiger partial charge in [0, 0.05) is 31.6 Å². The Morgan fingerprint density at radius 3 is 2.33 bits per heavy atom. The Bertz CT molecular complexity index is 1330. The fraction of sp³-hybridized carbons (Fsp3) is 0.548. The molecule has 0 unspecified atom stereocenters. The van der Waals surface area contributed by atoms with E-state index >= 15 is 0 Å². The number of aryl methyl sites for hydroxylation is 2. The van der Waals surface area contributed by atoms with Gasteiger partial charge in [0.25, 0.3) is 0 Å². The van der Waals surface area contributed by atoms with Crippen LogP contribution in [0.3, 0.4) is 0 Å². The van der Waals surface area contributed by atoms with Gasteiger partial charge in [0.15, 0.2) is 0 Å². The summed E-state index contributed by atoms with van der Waals surface area (Å²) in [6, 6.07) is 14.9. The maximum absolute atomic E-state index is 13.8. The fourth-order valence-corrected chi connectivity index (χ4v) is 7.55. The van der Waals surface area contributed by atoms with E-state index in [0.717, 1.165) is 30.4 Å². The summed E-state index contributed by atoms with van der Waals surface area (Å²) in [6.45, 7) is 6.77. The topological polar surface area (TPSA) is 96.0 Å². The van der Waals surface area contributed by atoms with Crippen molar-refractivity contribution in [2.24, 2.45) is 5.92 Å². The molecule has 2 aliphatic carbocycles. The molecule has 2 aromatic rings. The fourth-order valence-electron chi connectivity index (χ4n) is 6.20. The van der Waals surface area contributed by atoms with Gasteiger partial charge in [-0.2, -0.15) is 0 Å². The quantitative estimate of drug-likeness (QED) is 0.558. The largest absolute Gasteiger partial charge is 0.444 e. The highest BCUT2D eigenvalue weighted by Gasteiger charge is 2.39. The molecule has 1 atom stereocenters. The maximum atomic E-state index is 13.8. The lowest BCUT2D eigenvalue weighted by Crippen LogP contribution is -2.54. The van der Waals surface area contributed by atoms with Crippen molar-refractivity contribution in [2.75, 3.05) is 19.6 Å². The predicted molar refractivity (Wildman–Crippen MR) is 153 cm³/mol. The molecule has 1 saturated heterocycles. The molecule has 1 saturated carbocycles. The minimum absolute atomic E-state index is 0.0811. The molecular weight excluding hydrogens is 526 g/mol. The lowest BCUT2D eigenvalue weighted by atomic mass is 9.85. The Labute approximate surface area is 238 Å². The van der Waals surface area contributed by atoms with E-state index in [1.165, 1.54) is 5.56 Å². The summed E-state index contributed by atoms with van der Waals surface area (Å²) < 4.78 is 34.7.